The van der Waals surface area contributed by atoms with Crippen molar-refractivity contribution in [3.05, 3.63) is 94.5 Å². The minimum atomic E-state index is -0.680. The molecule has 2 amide bonds. The second kappa shape index (κ2) is 27.0. The highest BCUT2D eigenvalue weighted by Gasteiger charge is 2.21. The molecule has 4 aromatic heterocycles. The number of aryl methyl sites for hydroxylation is 3. The minimum absolute atomic E-state index is 0.0298. The quantitative estimate of drug-likeness (QED) is 0.0385. The maximum atomic E-state index is 15.1. The average Bonchev–Trinajstić information content (AvgIpc) is 3.94. The topological polar surface area (TPSA) is 204 Å². The van der Waals surface area contributed by atoms with E-state index < -0.39 is 11.6 Å². The Morgan fingerprint density at radius 2 is 1.42 bits per heavy atom. The van der Waals surface area contributed by atoms with Gasteiger partial charge in [0.15, 0.2) is 16.8 Å². The molecule has 386 valence electrons. The fraction of sp³-hybridized carbons (Fsp3) is 0.460. The summed E-state index contributed by atoms with van der Waals surface area (Å²) in [5, 5.41) is 12.7. The lowest BCUT2D eigenvalue weighted by molar-refractivity contribution is -0.122. The fourth-order valence-corrected chi connectivity index (χ4v) is 8.65. The van der Waals surface area contributed by atoms with E-state index in [2.05, 4.69) is 56.0 Å². The van der Waals surface area contributed by atoms with Crippen LogP contribution in [-0.4, -0.2) is 158 Å². The molecule has 0 bridgehead atoms. The number of amides is 2. The van der Waals surface area contributed by atoms with Gasteiger partial charge in [-0.3, -0.25) is 19.8 Å². The van der Waals surface area contributed by atoms with Crippen LogP contribution in [0, 0.1) is 32.4 Å². The number of anilines is 5. The molecule has 0 atom stereocenters. The number of hydrogen-bond donors (Lipinski definition) is 4. The van der Waals surface area contributed by atoms with Crippen LogP contribution in [0.3, 0.4) is 0 Å². The summed E-state index contributed by atoms with van der Waals surface area (Å²) in [7, 11) is 0. The minimum Gasteiger partial charge on any atom is -0.383 e. The second-order valence-corrected chi connectivity index (χ2v) is 18.5. The normalized spacial score (nSPS) is 13.0. The number of carbonyl (C=O) groups excluding carboxylic acids is 2. The predicted octanol–water partition coefficient (Wildman–Crippen LogP) is 6.56. The number of imidazole rings is 1. The molecule has 0 saturated carbocycles. The third kappa shape index (κ3) is 15.6. The molecule has 0 spiro atoms. The molecule has 19 nitrogen and oxygen atoms in total. The highest BCUT2D eigenvalue weighted by Crippen LogP contribution is 2.31. The van der Waals surface area contributed by atoms with E-state index in [4.69, 9.17) is 23.7 Å². The zero-order valence-electron chi connectivity index (χ0n) is 41.5. The van der Waals surface area contributed by atoms with E-state index in [9.17, 15) is 9.59 Å². The van der Waals surface area contributed by atoms with Gasteiger partial charge in [0, 0.05) is 73.2 Å². The third-order valence-electron chi connectivity index (χ3n) is 11.5. The summed E-state index contributed by atoms with van der Waals surface area (Å²) in [5.41, 5.74) is 4.34. The van der Waals surface area contributed by atoms with Crippen molar-refractivity contribution in [2.45, 2.75) is 40.7 Å². The van der Waals surface area contributed by atoms with Crippen molar-refractivity contribution in [3.8, 4) is 11.3 Å². The van der Waals surface area contributed by atoms with Gasteiger partial charge in [0.25, 0.3) is 5.91 Å². The lowest BCUT2D eigenvalue weighted by Gasteiger charge is -2.35. The van der Waals surface area contributed by atoms with Gasteiger partial charge >= 0.3 is 0 Å². The smallest absolute Gasteiger partial charge is 0.257 e. The largest absolute Gasteiger partial charge is 0.383 e. The molecule has 1 fully saturated rings. The van der Waals surface area contributed by atoms with Crippen LogP contribution >= 0.6 is 11.3 Å². The Morgan fingerprint density at radius 3 is 2.04 bits per heavy atom. The van der Waals surface area contributed by atoms with Crippen LogP contribution in [0.1, 0.15) is 46.5 Å². The Bertz CT molecular complexity index is 2700. The van der Waals surface area contributed by atoms with Crippen LogP contribution in [0.25, 0.3) is 22.3 Å². The van der Waals surface area contributed by atoms with E-state index in [1.54, 1.807) is 30.6 Å². The molecule has 4 N–H and O–H groups in total. The second-order valence-electron chi connectivity index (χ2n) is 17.2. The molecular weight excluding hydrogens is 951 g/mol. The summed E-state index contributed by atoms with van der Waals surface area (Å²) in [6.45, 7) is 18.3. The van der Waals surface area contributed by atoms with Crippen molar-refractivity contribution in [1.29, 1.82) is 0 Å². The maximum absolute atomic E-state index is 15.1. The van der Waals surface area contributed by atoms with Crippen molar-refractivity contribution in [1.82, 2.24) is 39.7 Å². The molecule has 5 heterocycles. The van der Waals surface area contributed by atoms with Crippen molar-refractivity contribution in [2.24, 2.45) is 0 Å². The standard InChI is InChI=1S/C50H64F2N12O7S/c1-33(2)64-36(5)58-47-41(51)27-37(28-43(47)64)46-42(52)31-56-49(60-46)59-44-9-7-39(30-55-44)63-14-12-62(13-15-63)32-45(65)54-11-17-68-19-21-70-23-25-71-24-22-69-20-18-67-16-10-53-38-6-8-40(34(3)26-38)48(66)61-50-57-29-35(4)72-50/h6-9,26-31,33,53H,10-25,32H2,1-5H3,(H,54,65)(H,57,61,66)(H,55,56,59,60). The molecule has 1 aliphatic heterocycles. The molecule has 72 heavy (non-hydrogen) atoms. The van der Waals surface area contributed by atoms with Gasteiger partial charge < -0.3 is 49.1 Å². The molecule has 22 heteroatoms. The van der Waals surface area contributed by atoms with Gasteiger partial charge in [-0.25, -0.2) is 33.7 Å². The van der Waals surface area contributed by atoms with Crippen LogP contribution in [0.2, 0.25) is 0 Å². The lowest BCUT2D eigenvalue weighted by atomic mass is 10.1. The number of halogens is 2. The fourth-order valence-electron chi connectivity index (χ4n) is 7.99. The highest BCUT2D eigenvalue weighted by molar-refractivity contribution is 7.15. The molecule has 1 saturated heterocycles. The zero-order chi connectivity index (χ0) is 50.8. The summed E-state index contributed by atoms with van der Waals surface area (Å²) < 4.78 is 60.0. The molecule has 0 radical (unpaired) electrons. The van der Waals surface area contributed by atoms with Gasteiger partial charge in [0.1, 0.15) is 22.9 Å². The van der Waals surface area contributed by atoms with Crippen LogP contribution in [0.15, 0.2) is 61.1 Å². The number of pyridine rings is 1. The lowest BCUT2D eigenvalue weighted by Crippen LogP contribution is -2.49. The number of nitrogens with one attached hydrogen (secondary N) is 4. The number of aromatic nitrogens is 6. The Hall–Kier alpha value is -6.27. The molecule has 0 unspecified atom stereocenters. The number of nitrogens with zero attached hydrogens (tertiary/aromatic N) is 8. The first-order valence-electron chi connectivity index (χ1n) is 24.1. The van der Waals surface area contributed by atoms with Crippen LogP contribution in [-0.2, 0) is 28.5 Å². The summed E-state index contributed by atoms with van der Waals surface area (Å²) in [4.78, 5) is 52.1. The summed E-state index contributed by atoms with van der Waals surface area (Å²) in [6.07, 6.45) is 4.53. The maximum Gasteiger partial charge on any atom is 0.257 e. The van der Waals surface area contributed by atoms with Crippen LogP contribution in [0.4, 0.5) is 37.1 Å². The van der Waals surface area contributed by atoms with Gasteiger partial charge in [-0.1, -0.05) is 0 Å². The molecule has 6 aromatic rings. The van der Waals surface area contributed by atoms with E-state index >= 15 is 8.78 Å². The number of hydrogen-bond acceptors (Lipinski definition) is 17. The Balaban J connectivity index is 0.660. The Morgan fingerprint density at radius 1 is 0.736 bits per heavy atom. The molecule has 7 rings (SSSR count). The summed E-state index contributed by atoms with van der Waals surface area (Å²) >= 11 is 1.44. The number of carbonyl (C=O) groups is 2. The average molecular weight is 1020 g/mol. The van der Waals surface area contributed by atoms with Crippen LogP contribution < -0.4 is 26.2 Å². The monoisotopic (exact) mass is 1010 g/mol. The zero-order valence-corrected chi connectivity index (χ0v) is 42.3. The van der Waals surface area contributed by atoms with Crippen molar-refractivity contribution in [3.63, 3.8) is 0 Å². The highest BCUT2D eigenvalue weighted by atomic mass is 32.1. The van der Waals surface area contributed by atoms with Gasteiger partial charge in [-0.15, -0.1) is 11.3 Å². The number of thiazole rings is 1. The van der Waals surface area contributed by atoms with Gasteiger partial charge in [-0.2, -0.15) is 0 Å². The van der Waals surface area contributed by atoms with E-state index in [0.717, 1.165) is 41.1 Å². The van der Waals surface area contributed by atoms with Crippen molar-refractivity contribution in [2.75, 3.05) is 133 Å². The third-order valence-corrected chi connectivity index (χ3v) is 12.3. The molecule has 1 aliphatic rings. The Labute approximate surface area is 422 Å². The van der Waals surface area contributed by atoms with E-state index in [-0.39, 0.29) is 40.6 Å². The number of ether oxygens (including phenoxy) is 5. The van der Waals surface area contributed by atoms with Crippen LogP contribution in [0.5, 0.6) is 0 Å². The first-order valence-corrected chi connectivity index (χ1v) is 24.9. The van der Waals surface area contributed by atoms with Gasteiger partial charge in [0.2, 0.25) is 11.9 Å². The van der Waals surface area contributed by atoms with E-state index in [1.165, 1.54) is 17.4 Å². The Kier molecular flexibility index (Phi) is 20.1. The van der Waals surface area contributed by atoms with Gasteiger partial charge in [0.05, 0.1) is 96.2 Å². The molecular formula is C50H64F2N12O7S. The summed E-state index contributed by atoms with van der Waals surface area (Å²) in [6, 6.07) is 12.3. The SMILES string of the molecule is Cc1cnc(NC(=O)c2ccc(NCCOCCOCCOCCOCCOCCNC(=O)CN3CCN(c4ccc(Nc5ncc(F)c(-c6cc(F)c7nc(C)n(C(C)C)c7c6)n5)nc4)CC3)cc2C)s1. The van der Waals surface area contributed by atoms with Gasteiger partial charge in [-0.05, 0) is 82.6 Å². The first-order chi connectivity index (χ1) is 34.9. The van der Waals surface area contributed by atoms with Crippen molar-refractivity contribution < 1.29 is 42.1 Å². The number of rotatable bonds is 28. The molecule has 0 aliphatic carbocycles. The first kappa shape index (κ1) is 53.5. The summed E-state index contributed by atoms with van der Waals surface area (Å²) in [5.74, 6) is -0.217. The number of fused-ring (bicyclic) bond motifs is 1. The predicted molar refractivity (Wildman–Crippen MR) is 274 cm³/mol. The molecule has 2 aromatic carbocycles. The van der Waals surface area contributed by atoms with Crippen molar-refractivity contribution >= 4 is 62.5 Å². The van der Waals surface area contributed by atoms with E-state index in [1.807, 2.05) is 57.4 Å². The van der Waals surface area contributed by atoms with E-state index in [0.29, 0.717) is 127 Å². The number of benzene rings is 2. The number of piperazine rings is 1.